The molecule has 0 fully saturated rings. The van der Waals surface area contributed by atoms with Crippen LogP contribution in [0.5, 0.6) is 5.75 Å². The minimum atomic E-state index is -0.106. The normalized spacial score (nSPS) is 10.7. The zero-order chi connectivity index (χ0) is 23.8. The highest BCUT2D eigenvalue weighted by Gasteiger charge is 2.14. The van der Waals surface area contributed by atoms with E-state index in [1.165, 1.54) is 11.8 Å². The third kappa shape index (κ3) is 7.08. The van der Waals surface area contributed by atoms with Gasteiger partial charge in [-0.3, -0.25) is 9.59 Å². The molecule has 9 heteroatoms. The fourth-order valence-electron chi connectivity index (χ4n) is 3.42. The molecular formula is C24H29N5O3S. The molecule has 33 heavy (non-hydrogen) atoms. The molecule has 0 bridgehead atoms. The van der Waals surface area contributed by atoms with E-state index in [1.807, 2.05) is 61.7 Å². The van der Waals surface area contributed by atoms with Crippen molar-refractivity contribution in [3.63, 3.8) is 0 Å². The standard InChI is InChI=1S/C24H29N5O3S/c1-5-29-21(14-25-22(30)13-18-6-8-20(32-4)9-7-18)27-28-24(29)33-15-23(31)26-19-11-16(2)10-17(3)12-19/h6-12H,5,13-15H2,1-4H3,(H,25,30)(H,26,31). The van der Waals surface area contributed by atoms with Crippen LogP contribution in [0.3, 0.4) is 0 Å². The second-order valence-electron chi connectivity index (χ2n) is 7.66. The molecule has 0 spiro atoms. The quantitative estimate of drug-likeness (QED) is 0.443. The smallest absolute Gasteiger partial charge is 0.234 e. The fraction of sp³-hybridized carbons (Fsp3) is 0.333. The molecule has 3 aromatic rings. The summed E-state index contributed by atoms with van der Waals surface area (Å²) < 4.78 is 7.04. The molecule has 2 amide bonds. The maximum atomic E-state index is 12.4. The van der Waals surface area contributed by atoms with Gasteiger partial charge in [-0.2, -0.15) is 0 Å². The summed E-state index contributed by atoms with van der Waals surface area (Å²) in [6.45, 7) is 6.88. The number of hydrogen-bond donors (Lipinski definition) is 2. The lowest BCUT2D eigenvalue weighted by Gasteiger charge is -2.09. The van der Waals surface area contributed by atoms with Crippen molar-refractivity contribution in [3.8, 4) is 5.75 Å². The lowest BCUT2D eigenvalue weighted by molar-refractivity contribution is -0.120. The highest BCUT2D eigenvalue weighted by molar-refractivity contribution is 7.99. The lowest BCUT2D eigenvalue weighted by atomic mass is 10.1. The van der Waals surface area contributed by atoms with Gasteiger partial charge in [-0.25, -0.2) is 0 Å². The Balaban J connectivity index is 1.52. The molecule has 3 rings (SSSR count). The van der Waals surface area contributed by atoms with E-state index in [9.17, 15) is 9.59 Å². The molecule has 0 atom stereocenters. The fourth-order valence-corrected chi connectivity index (χ4v) is 4.24. The summed E-state index contributed by atoms with van der Waals surface area (Å²) in [6.07, 6.45) is 0.268. The highest BCUT2D eigenvalue weighted by Crippen LogP contribution is 2.19. The van der Waals surface area contributed by atoms with Crippen molar-refractivity contribution in [1.29, 1.82) is 0 Å². The molecule has 0 unspecified atom stereocenters. The first-order valence-electron chi connectivity index (χ1n) is 10.7. The van der Waals surface area contributed by atoms with E-state index in [0.29, 0.717) is 17.5 Å². The number of thioether (sulfide) groups is 1. The van der Waals surface area contributed by atoms with Crippen molar-refractivity contribution < 1.29 is 14.3 Å². The van der Waals surface area contributed by atoms with E-state index < -0.39 is 0 Å². The maximum absolute atomic E-state index is 12.4. The van der Waals surface area contributed by atoms with Crippen LogP contribution in [0.1, 0.15) is 29.4 Å². The Hall–Kier alpha value is -3.33. The predicted octanol–water partition coefficient (Wildman–Crippen LogP) is 3.51. The monoisotopic (exact) mass is 467 g/mol. The zero-order valence-electron chi connectivity index (χ0n) is 19.3. The van der Waals surface area contributed by atoms with Gasteiger partial charge in [-0.15, -0.1) is 10.2 Å². The van der Waals surface area contributed by atoms with Crippen LogP contribution in [-0.4, -0.2) is 39.4 Å². The number of nitrogens with one attached hydrogen (secondary N) is 2. The van der Waals surface area contributed by atoms with Crippen LogP contribution in [0.4, 0.5) is 5.69 Å². The van der Waals surface area contributed by atoms with Gasteiger partial charge in [0.05, 0.1) is 25.8 Å². The van der Waals surface area contributed by atoms with Crippen molar-refractivity contribution in [2.45, 2.75) is 45.4 Å². The highest BCUT2D eigenvalue weighted by atomic mass is 32.2. The molecule has 2 aromatic carbocycles. The first-order chi connectivity index (χ1) is 15.9. The van der Waals surface area contributed by atoms with E-state index in [0.717, 1.165) is 28.1 Å². The number of rotatable bonds is 10. The number of aromatic nitrogens is 3. The number of ether oxygens (including phenoxy) is 1. The maximum Gasteiger partial charge on any atom is 0.234 e. The van der Waals surface area contributed by atoms with Gasteiger partial charge >= 0.3 is 0 Å². The first kappa shape index (κ1) is 24.3. The Kier molecular flexibility index (Phi) is 8.48. The van der Waals surface area contributed by atoms with Gasteiger partial charge in [0, 0.05) is 12.2 Å². The number of anilines is 1. The molecule has 0 saturated heterocycles. The SMILES string of the molecule is CCn1c(CNC(=O)Cc2ccc(OC)cc2)nnc1SCC(=O)Nc1cc(C)cc(C)c1. The van der Waals surface area contributed by atoms with Crippen LogP contribution in [0.25, 0.3) is 0 Å². The molecule has 2 N–H and O–H groups in total. The second-order valence-corrected chi connectivity index (χ2v) is 8.60. The number of hydrogen-bond acceptors (Lipinski definition) is 6. The molecule has 0 aliphatic rings. The molecule has 174 valence electrons. The van der Waals surface area contributed by atoms with E-state index >= 15 is 0 Å². The Morgan fingerprint density at radius 1 is 1.03 bits per heavy atom. The average Bonchev–Trinajstić information content (AvgIpc) is 3.18. The number of benzene rings is 2. The molecule has 1 aromatic heterocycles. The zero-order valence-corrected chi connectivity index (χ0v) is 20.2. The number of carbonyl (C=O) groups excluding carboxylic acids is 2. The van der Waals surface area contributed by atoms with Gasteiger partial charge in [-0.05, 0) is 61.7 Å². The van der Waals surface area contributed by atoms with Crippen molar-refractivity contribution in [3.05, 3.63) is 65.0 Å². The Morgan fingerprint density at radius 2 is 1.73 bits per heavy atom. The second kappa shape index (κ2) is 11.5. The van der Waals surface area contributed by atoms with E-state index in [-0.39, 0.29) is 30.5 Å². The van der Waals surface area contributed by atoms with E-state index in [1.54, 1.807) is 7.11 Å². The summed E-state index contributed by atoms with van der Waals surface area (Å²) >= 11 is 1.32. The molecular weight excluding hydrogens is 438 g/mol. The molecule has 0 aliphatic heterocycles. The van der Waals surface area contributed by atoms with Gasteiger partial charge in [-0.1, -0.05) is 30.0 Å². The van der Waals surface area contributed by atoms with Crippen molar-refractivity contribution >= 4 is 29.3 Å². The predicted molar refractivity (Wildman–Crippen MR) is 130 cm³/mol. The Bertz CT molecular complexity index is 1090. The van der Waals surface area contributed by atoms with Crippen LogP contribution in [0.2, 0.25) is 0 Å². The van der Waals surface area contributed by atoms with Gasteiger partial charge in [0.2, 0.25) is 11.8 Å². The van der Waals surface area contributed by atoms with E-state index in [2.05, 4.69) is 26.9 Å². The van der Waals surface area contributed by atoms with Crippen molar-refractivity contribution in [2.75, 3.05) is 18.2 Å². The van der Waals surface area contributed by atoms with Crippen LogP contribution in [0.15, 0.2) is 47.6 Å². The Labute approximate surface area is 198 Å². The summed E-state index contributed by atoms with van der Waals surface area (Å²) in [5.74, 6) is 1.41. The number of carbonyl (C=O) groups is 2. The Morgan fingerprint density at radius 3 is 2.36 bits per heavy atom. The topological polar surface area (TPSA) is 98.1 Å². The minimum Gasteiger partial charge on any atom is -0.497 e. The lowest BCUT2D eigenvalue weighted by Crippen LogP contribution is -2.26. The van der Waals surface area contributed by atoms with Gasteiger partial charge < -0.3 is 19.9 Å². The summed E-state index contributed by atoms with van der Waals surface area (Å²) in [5.41, 5.74) is 3.89. The number of amides is 2. The molecule has 0 radical (unpaired) electrons. The average molecular weight is 468 g/mol. The third-order valence-corrected chi connectivity index (χ3v) is 5.88. The molecule has 8 nitrogen and oxygen atoms in total. The minimum absolute atomic E-state index is 0.104. The van der Waals surface area contributed by atoms with Gasteiger partial charge in [0.25, 0.3) is 0 Å². The van der Waals surface area contributed by atoms with Crippen LogP contribution in [-0.2, 0) is 29.1 Å². The first-order valence-corrected chi connectivity index (χ1v) is 11.7. The largest absolute Gasteiger partial charge is 0.497 e. The third-order valence-electron chi connectivity index (χ3n) is 4.91. The van der Waals surface area contributed by atoms with Gasteiger partial charge in [0.1, 0.15) is 5.75 Å². The summed E-state index contributed by atoms with van der Waals surface area (Å²) in [6, 6.07) is 13.3. The molecule has 1 heterocycles. The van der Waals surface area contributed by atoms with E-state index in [4.69, 9.17) is 4.74 Å². The number of nitrogens with zero attached hydrogens (tertiary/aromatic N) is 3. The summed E-state index contributed by atoms with van der Waals surface area (Å²) in [7, 11) is 1.61. The van der Waals surface area contributed by atoms with Crippen LogP contribution < -0.4 is 15.4 Å². The molecule has 0 aliphatic carbocycles. The number of methoxy groups -OCH3 is 1. The van der Waals surface area contributed by atoms with Gasteiger partial charge in [0.15, 0.2) is 11.0 Å². The summed E-state index contributed by atoms with van der Waals surface area (Å²) in [5, 5.41) is 14.9. The van der Waals surface area contributed by atoms with Crippen molar-refractivity contribution in [1.82, 2.24) is 20.1 Å². The molecule has 0 saturated carbocycles. The summed E-state index contributed by atoms with van der Waals surface area (Å²) in [4.78, 5) is 24.7. The number of aryl methyl sites for hydroxylation is 2. The van der Waals surface area contributed by atoms with Crippen LogP contribution >= 0.6 is 11.8 Å². The van der Waals surface area contributed by atoms with Crippen LogP contribution in [0, 0.1) is 13.8 Å². The van der Waals surface area contributed by atoms with Crippen molar-refractivity contribution in [2.24, 2.45) is 0 Å².